The largest absolute Gasteiger partial charge is 0.325 e. The lowest BCUT2D eigenvalue weighted by Gasteiger charge is -2.33. The highest BCUT2D eigenvalue weighted by Gasteiger charge is 2.52. The van der Waals surface area contributed by atoms with E-state index in [1.165, 1.54) is 0 Å². The third kappa shape index (κ3) is 4.17. The lowest BCUT2D eigenvalue weighted by atomic mass is 9.77. The van der Waals surface area contributed by atoms with Crippen molar-refractivity contribution in [2.45, 2.75) is 70.4 Å². The monoisotopic (exact) mass is 484 g/mol. The van der Waals surface area contributed by atoms with Gasteiger partial charge in [0.25, 0.3) is 5.91 Å². The number of anilines is 1. The van der Waals surface area contributed by atoms with Crippen LogP contribution in [-0.2, 0) is 22.6 Å². The molecule has 0 radical (unpaired) electrons. The average Bonchev–Trinajstić information content (AvgIpc) is 3.19. The minimum atomic E-state index is -0.858. The number of carbonyl (C=O) groups excluding carboxylic acids is 3. The topological polar surface area (TPSA) is 109 Å². The van der Waals surface area contributed by atoms with Crippen LogP contribution in [0.4, 0.5) is 10.5 Å². The maximum atomic E-state index is 13.0. The molecule has 2 aliphatic heterocycles. The molecule has 3 aliphatic rings. The van der Waals surface area contributed by atoms with Crippen molar-refractivity contribution < 1.29 is 14.4 Å². The van der Waals surface area contributed by atoms with Gasteiger partial charge in [-0.15, -0.1) is 10.2 Å². The van der Waals surface area contributed by atoms with Crippen molar-refractivity contribution >= 4 is 35.1 Å². The number of imide groups is 1. The third-order valence-electron chi connectivity index (χ3n) is 7.28. The van der Waals surface area contributed by atoms with Gasteiger partial charge >= 0.3 is 6.03 Å². The number of rotatable bonds is 4. The molecule has 180 valence electrons. The van der Waals surface area contributed by atoms with Gasteiger partial charge in [-0.3, -0.25) is 14.5 Å². The van der Waals surface area contributed by atoms with E-state index in [1.807, 2.05) is 0 Å². The number of carbonyl (C=O) groups is 3. The van der Waals surface area contributed by atoms with Gasteiger partial charge in [-0.2, -0.15) is 0 Å². The van der Waals surface area contributed by atoms with Gasteiger partial charge < -0.3 is 15.2 Å². The van der Waals surface area contributed by atoms with E-state index >= 15 is 0 Å². The first-order valence-electron chi connectivity index (χ1n) is 12.0. The molecule has 0 bridgehead atoms. The van der Waals surface area contributed by atoms with E-state index in [-0.39, 0.29) is 12.5 Å². The van der Waals surface area contributed by atoms with Crippen LogP contribution in [0.3, 0.4) is 0 Å². The van der Waals surface area contributed by atoms with Crippen LogP contribution in [0.25, 0.3) is 11.4 Å². The van der Waals surface area contributed by atoms with Gasteiger partial charge in [-0.1, -0.05) is 24.9 Å². The second-order valence-corrected chi connectivity index (χ2v) is 10.1. The number of urea groups is 1. The maximum Gasteiger partial charge on any atom is 0.325 e. The molecule has 1 aromatic carbocycles. The summed E-state index contributed by atoms with van der Waals surface area (Å²) in [6.45, 7) is 2.65. The highest BCUT2D eigenvalue weighted by Crippen LogP contribution is 2.36. The minimum Gasteiger partial charge on any atom is -0.325 e. The highest BCUT2D eigenvalue weighted by molar-refractivity contribution is 6.33. The Labute approximate surface area is 203 Å². The van der Waals surface area contributed by atoms with Crippen LogP contribution in [0, 0.1) is 5.92 Å². The maximum absolute atomic E-state index is 13.0. The van der Waals surface area contributed by atoms with E-state index in [2.05, 4.69) is 32.3 Å². The van der Waals surface area contributed by atoms with Gasteiger partial charge in [0.2, 0.25) is 5.91 Å². The van der Waals surface area contributed by atoms with E-state index in [1.54, 1.807) is 18.2 Å². The van der Waals surface area contributed by atoms with Crippen molar-refractivity contribution in [2.75, 3.05) is 11.9 Å². The second-order valence-electron chi connectivity index (χ2n) is 9.73. The number of nitrogens with zero attached hydrogens (tertiary/aromatic N) is 4. The molecule has 10 heteroatoms. The summed E-state index contributed by atoms with van der Waals surface area (Å²) < 4.78 is 2.09. The van der Waals surface area contributed by atoms with Gasteiger partial charge in [0.1, 0.15) is 17.9 Å². The van der Waals surface area contributed by atoms with Gasteiger partial charge in [-0.05, 0) is 62.6 Å². The van der Waals surface area contributed by atoms with Crippen molar-refractivity contribution in [1.82, 2.24) is 25.0 Å². The Balaban J connectivity index is 1.30. The number of hydrogen-bond acceptors (Lipinski definition) is 5. The van der Waals surface area contributed by atoms with Crippen LogP contribution in [0.15, 0.2) is 18.2 Å². The van der Waals surface area contributed by atoms with Gasteiger partial charge in [-0.25, -0.2) is 4.79 Å². The van der Waals surface area contributed by atoms with Crippen molar-refractivity contribution in [2.24, 2.45) is 5.92 Å². The molecule has 4 amide bonds. The van der Waals surface area contributed by atoms with Crippen LogP contribution in [0.5, 0.6) is 0 Å². The van der Waals surface area contributed by atoms with Gasteiger partial charge in [0, 0.05) is 24.2 Å². The fourth-order valence-electron chi connectivity index (χ4n) is 5.22. The Morgan fingerprint density at radius 1 is 1.21 bits per heavy atom. The predicted octanol–water partition coefficient (Wildman–Crippen LogP) is 3.76. The zero-order valence-electron chi connectivity index (χ0n) is 19.3. The summed E-state index contributed by atoms with van der Waals surface area (Å²) in [4.78, 5) is 39.4. The van der Waals surface area contributed by atoms with Crippen LogP contribution in [0.1, 0.15) is 57.7 Å². The standard InChI is InChI=1S/C24H29ClN6O3/c1-15-8-10-24(11-9-15)22(33)31(23(34)27-24)14-20(32)26-16-6-7-18(25)17(13-16)21-29-28-19-5-3-2-4-12-30(19)21/h6-7,13,15H,2-5,8-12,14H2,1H3,(H,26,32)(H,27,34). The quantitative estimate of drug-likeness (QED) is 0.642. The fraction of sp³-hybridized carbons (Fsp3) is 0.542. The molecule has 0 atom stereocenters. The molecular weight excluding hydrogens is 456 g/mol. The molecule has 9 nitrogen and oxygen atoms in total. The first kappa shape index (κ1) is 22.8. The molecule has 1 aliphatic carbocycles. The summed E-state index contributed by atoms with van der Waals surface area (Å²) in [5, 5.41) is 14.9. The zero-order valence-corrected chi connectivity index (χ0v) is 20.0. The summed E-state index contributed by atoms with van der Waals surface area (Å²) in [6.07, 6.45) is 7.16. The Hall–Kier alpha value is -2.94. The van der Waals surface area contributed by atoms with E-state index in [4.69, 9.17) is 11.6 Å². The van der Waals surface area contributed by atoms with Crippen molar-refractivity contribution in [3.63, 3.8) is 0 Å². The molecule has 1 saturated carbocycles. The number of amides is 4. The molecule has 34 heavy (non-hydrogen) atoms. The van der Waals surface area contributed by atoms with Gasteiger partial charge in [0.15, 0.2) is 5.82 Å². The first-order valence-corrected chi connectivity index (χ1v) is 12.4. The fourth-order valence-corrected chi connectivity index (χ4v) is 5.42. The Bertz CT molecular complexity index is 1140. The molecule has 5 rings (SSSR count). The zero-order chi connectivity index (χ0) is 23.9. The van der Waals surface area contributed by atoms with Crippen molar-refractivity contribution in [3.8, 4) is 11.4 Å². The van der Waals surface area contributed by atoms with Crippen LogP contribution >= 0.6 is 11.6 Å². The Kier molecular flexibility index (Phi) is 6.06. The van der Waals surface area contributed by atoms with Crippen LogP contribution in [0.2, 0.25) is 5.02 Å². The summed E-state index contributed by atoms with van der Waals surface area (Å²) in [6, 6.07) is 4.66. The van der Waals surface area contributed by atoms with Crippen LogP contribution in [-0.4, -0.2) is 49.6 Å². The Morgan fingerprint density at radius 3 is 2.79 bits per heavy atom. The van der Waals surface area contributed by atoms with E-state index in [9.17, 15) is 14.4 Å². The second kappa shape index (κ2) is 9.02. The molecule has 1 saturated heterocycles. The number of hydrogen-bond donors (Lipinski definition) is 2. The smallest absolute Gasteiger partial charge is 0.325 e. The average molecular weight is 485 g/mol. The molecule has 0 unspecified atom stereocenters. The number of halogens is 1. The number of nitrogens with one attached hydrogen (secondary N) is 2. The number of aromatic nitrogens is 3. The first-order chi connectivity index (χ1) is 16.4. The number of benzene rings is 1. The van der Waals surface area contributed by atoms with Crippen LogP contribution < -0.4 is 10.6 Å². The lowest BCUT2D eigenvalue weighted by molar-refractivity contribution is -0.135. The van der Waals surface area contributed by atoms with E-state index < -0.39 is 17.5 Å². The molecule has 1 spiro atoms. The molecular formula is C24H29ClN6O3. The van der Waals surface area contributed by atoms with Crippen molar-refractivity contribution in [3.05, 3.63) is 29.0 Å². The molecule has 2 aromatic rings. The highest BCUT2D eigenvalue weighted by atomic mass is 35.5. The SMILES string of the molecule is CC1CCC2(CC1)NC(=O)N(CC(=O)Nc1ccc(Cl)c(-c3nnc4n3CCCCC4)c1)C2=O. The summed E-state index contributed by atoms with van der Waals surface area (Å²) in [5.41, 5.74) is 0.344. The van der Waals surface area contributed by atoms with Crippen molar-refractivity contribution in [1.29, 1.82) is 0 Å². The van der Waals surface area contributed by atoms with Gasteiger partial charge in [0.05, 0.1) is 5.02 Å². The lowest BCUT2D eigenvalue weighted by Crippen LogP contribution is -2.49. The normalized spacial score (nSPS) is 24.6. The summed E-state index contributed by atoms with van der Waals surface area (Å²) >= 11 is 6.48. The molecule has 2 N–H and O–H groups in total. The molecule has 2 fully saturated rings. The van der Waals surface area contributed by atoms with E-state index in [0.29, 0.717) is 40.9 Å². The number of fused-ring (bicyclic) bond motifs is 1. The summed E-state index contributed by atoms with van der Waals surface area (Å²) in [5.74, 6) is 1.41. The third-order valence-corrected chi connectivity index (χ3v) is 7.61. The minimum absolute atomic E-state index is 0.303. The van der Waals surface area contributed by atoms with E-state index in [0.717, 1.165) is 55.8 Å². The molecule has 3 heterocycles. The molecule has 1 aromatic heterocycles. The Morgan fingerprint density at radius 2 is 2.00 bits per heavy atom. The number of aryl methyl sites for hydroxylation is 1. The predicted molar refractivity (Wildman–Crippen MR) is 127 cm³/mol. The summed E-state index contributed by atoms with van der Waals surface area (Å²) in [7, 11) is 0.